The molecule has 0 aliphatic heterocycles. The first-order valence-electron chi connectivity index (χ1n) is 5.51. The van der Waals surface area contributed by atoms with E-state index < -0.39 is 10.2 Å². The maximum atomic E-state index is 11.9. The highest BCUT2D eigenvalue weighted by atomic mass is 32.2. The zero-order valence-electron chi connectivity index (χ0n) is 10.0. The molecule has 17 heavy (non-hydrogen) atoms. The summed E-state index contributed by atoms with van der Waals surface area (Å²) >= 11 is 0. The van der Waals surface area contributed by atoms with Crippen LogP contribution in [0.25, 0.3) is 0 Å². The molecule has 0 aliphatic rings. The Morgan fingerprint density at radius 1 is 1.29 bits per heavy atom. The topological polar surface area (TPSA) is 69.6 Å². The second kappa shape index (κ2) is 6.00. The summed E-state index contributed by atoms with van der Waals surface area (Å²) < 4.78 is 27.6. The molecule has 1 rings (SSSR count). The van der Waals surface area contributed by atoms with Crippen LogP contribution in [0.2, 0.25) is 0 Å². The van der Waals surface area contributed by atoms with Gasteiger partial charge in [0.2, 0.25) is 0 Å². The second-order valence-corrected chi connectivity index (χ2v) is 5.22. The monoisotopic (exact) mass is 258 g/mol. The Balaban J connectivity index is 2.89. The van der Waals surface area contributed by atoms with Crippen LogP contribution in [0, 0.1) is 0 Å². The fourth-order valence-corrected chi connectivity index (χ4v) is 2.74. The highest BCUT2D eigenvalue weighted by molar-refractivity contribution is 7.90. The third kappa shape index (κ3) is 3.69. The van der Waals surface area contributed by atoms with Crippen LogP contribution in [0.5, 0.6) is 0 Å². The summed E-state index contributed by atoms with van der Waals surface area (Å²) in [5.74, 6) is 0. The highest BCUT2D eigenvalue weighted by Crippen LogP contribution is 2.13. The van der Waals surface area contributed by atoms with Crippen LogP contribution in [-0.4, -0.2) is 30.9 Å². The van der Waals surface area contributed by atoms with Crippen LogP contribution in [-0.2, 0) is 16.8 Å². The van der Waals surface area contributed by atoms with Gasteiger partial charge in [0.15, 0.2) is 0 Å². The van der Waals surface area contributed by atoms with E-state index in [1.807, 2.05) is 0 Å². The van der Waals surface area contributed by atoms with Gasteiger partial charge in [0.1, 0.15) is 0 Å². The Kier molecular flexibility index (Phi) is 4.92. The van der Waals surface area contributed by atoms with E-state index in [0.29, 0.717) is 24.3 Å². The van der Waals surface area contributed by atoms with E-state index in [1.54, 1.807) is 38.1 Å². The minimum Gasteiger partial charge on any atom is -0.392 e. The van der Waals surface area contributed by atoms with Crippen molar-refractivity contribution in [3.05, 3.63) is 29.8 Å². The average Bonchev–Trinajstić information content (AvgIpc) is 2.29. The van der Waals surface area contributed by atoms with Crippen molar-refractivity contribution in [1.82, 2.24) is 4.31 Å². The van der Waals surface area contributed by atoms with E-state index in [1.165, 1.54) is 4.31 Å². The van der Waals surface area contributed by atoms with Crippen molar-refractivity contribution in [1.29, 1.82) is 0 Å². The second-order valence-electron chi connectivity index (χ2n) is 3.55. The summed E-state index contributed by atoms with van der Waals surface area (Å²) in [6, 6.07) is 6.70. The molecular formula is C11H18N2O3S. The number of rotatable bonds is 6. The Labute approximate surface area is 102 Å². The van der Waals surface area contributed by atoms with Crippen LogP contribution >= 0.6 is 0 Å². The Morgan fingerprint density at radius 3 is 2.47 bits per heavy atom. The first-order valence-corrected chi connectivity index (χ1v) is 6.95. The van der Waals surface area contributed by atoms with E-state index in [0.717, 1.165) is 0 Å². The number of nitrogens with zero attached hydrogens (tertiary/aromatic N) is 1. The van der Waals surface area contributed by atoms with E-state index in [4.69, 9.17) is 5.11 Å². The number of anilines is 1. The molecule has 0 unspecified atom stereocenters. The molecule has 2 N–H and O–H groups in total. The van der Waals surface area contributed by atoms with Crippen LogP contribution in [0.4, 0.5) is 5.69 Å². The molecule has 96 valence electrons. The first-order chi connectivity index (χ1) is 8.03. The van der Waals surface area contributed by atoms with E-state index in [-0.39, 0.29) is 6.61 Å². The molecule has 1 aromatic carbocycles. The number of aliphatic hydroxyl groups is 1. The van der Waals surface area contributed by atoms with Crippen molar-refractivity contribution < 1.29 is 13.5 Å². The predicted octanol–water partition coefficient (Wildman–Crippen LogP) is 1.18. The lowest BCUT2D eigenvalue weighted by atomic mass is 10.2. The molecule has 0 bridgehead atoms. The number of hydrogen-bond donors (Lipinski definition) is 2. The molecule has 0 amide bonds. The normalized spacial score (nSPS) is 11.8. The first kappa shape index (κ1) is 14.0. The number of nitrogens with one attached hydrogen (secondary N) is 1. The fraction of sp³-hybridized carbons (Fsp3) is 0.455. The molecule has 0 aliphatic carbocycles. The van der Waals surface area contributed by atoms with Gasteiger partial charge in [-0.3, -0.25) is 4.72 Å². The average molecular weight is 258 g/mol. The van der Waals surface area contributed by atoms with Gasteiger partial charge in [-0.25, -0.2) is 0 Å². The fourth-order valence-electron chi connectivity index (χ4n) is 1.51. The number of aliphatic hydroxyl groups excluding tert-OH is 1. The quantitative estimate of drug-likeness (QED) is 0.805. The smallest absolute Gasteiger partial charge is 0.301 e. The molecule has 0 fully saturated rings. The van der Waals surface area contributed by atoms with Crippen molar-refractivity contribution in [3.8, 4) is 0 Å². The third-order valence-corrected chi connectivity index (χ3v) is 4.09. The number of benzene rings is 1. The zero-order valence-corrected chi connectivity index (χ0v) is 10.9. The maximum Gasteiger partial charge on any atom is 0.301 e. The molecule has 0 heterocycles. The molecule has 1 aromatic rings. The Morgan fingerprint density at radius 2 is 1.94 bits per heavy atom. The van der Waals surface area contributed by atoms with E-state index in [9.17, 15) is 8.42 Å². The van der Waals surface area contributed by atoms with E-state index >= 15 is 0 Å². The molecular weight excluding hydrogens is 240 g/mol. The van der Waals surface area contributed by atoms with Crippen molar-refractivity contribution in [2.24, 2.45) is 0 Å². The van der Waals surface area contributed by atoms with Crippen LogP contribution in [0.3, 0.4) is 0 Å². The lowest BCUT2D eigenvalue weighted by molar-refractivity contribution is 0.282. The van der Waals surface area contributed by atoms with Crippen molar-refractivity contribution in [2.75, 3.05) is 17.8 Å². The molecule has 0 radical (unpaired) electrons. The maximum absolute atomic E-state index is 11.9. The summed E-state index contributed by atoms with van der Waals surface area (Å²) in [7, 11) is -3.50. The van der Waals surface area contributed by atoms with Gasteiger partial charge in [-0.2, -0.15) is 12.7 Å². The SMILES string of the molecule is CCN(CC)S(=O)(=O)Nc1cccc(CO)c1. The highest BCUT2D eigenvalue weighted by Gasteiger charge is 2.18. The summed E-state index contributed by atoms with van der Waals surface area (Å²) in [6.45, 7) is 4.30. The minimum atomic E-state index is -3.50. The predicted molar refractivity (Wildman–Crippen MR) is 67.8 cm³/mol. The minimum absolute atomic E-state index is 0.110. The lowest BCUT2D eigenvalue weighted by Gasteiger charge is -2.19. The standard InChI is InChI=1S/C11H18N2O3S/c1-3-13(4-2)17(15,16)12-11-7-5-6-10(8-11)9-14/h5-8,12,14H,3-4,9H2,1-2H3. The molecule has 0 saturated heterocycles. The van der Waals surface area contributed by atoms with Crippen LogP contribution in [0.1, 0.15) is 19.4 Å². The van der Waals surface area contributed by atoms with Gasteiger partial charge in [-0.15, -0.1) is 0 Å². The molecule has 0 spiro atoms. The Hall–Kier alpha value is -1.11. The van der Waals surface area contributed by atoms with Crippen molar-refractivity contribution in [2.45, 2.75) is 20.5 Å². The van der Waals surface area contributed by atoms with Gasteiger partial charge in [-0.1, -0.05) is 26.0 Å². The van der Waals surface area contributed by atoms with Gasteiger partial charge in [-0.05, 0) is 17.7 Å². The summed E-state index contributed by atoms with van der Waals surface area (Å²) in [5.41, 5.74) is 1.13. The van der Waals surface area contributed by atoms with Gasteiger partial charge < -0.3 is 5.11 Å². The third-order valence-electron chi connectivity index (χ3n) is 2.40. The summed E-state index contributed by atoms with van der Waals surface area (Å²) in [6.07, 6.45) is 0. The van der Waals surface area contributed by atoms with Gasteiger partial charge in [0.25, 0.3) is 0 Å². The largest absolute Gasteiger partial charge is 0.392 e. The molecule has 0 aromatic heterocycles. The summed E-state index contributed by atoms with van der Waals surface area (Å²) in [4.78, 5) is 0. The van der Waals surface area contributed by atoms with Crippen LogP contribution in [0.15, 0.2) is 24.3 Å². The molecule has 0 saturated carbocycles. The van der Waals surface area contributed by atoms with Crippen LogP contribution < -0.4 is 4.72 Å². The number of hydrogen-bond acceptors (Lipinski definition) is 3. The Bertz CT molecular complexity index is 456. The molecule has 6 heteroatoms. The van der Waals surface area contributed by atoms with Crippen molar-refractivity contribution in [3.63, 3.8) is 0 Å². The zero-order chi connectivity index (χ0) is 12.9. The molecule has 0 atom stereocenters. The van der Waals surface area contributed by atoms with Gasteiger partial charge >= 0.3 is 10.2 Å². The summed E-state index contributed by atoms with van der Waals surface area (Å²) in [5, 5.41) is 8.97. The van der Waals surface area contributed by atoms with Gasteiger partial charge in [0, 0.05) is 13.1 Å². The van der Waals surface area contributed by atoms with Crippen molar-refractivity contribution >= 4 is 15.9 Å². The lowest BCUT2D eigenvalue weighted by Crippen LogP contribution is -2.35. The molecule has 5 nitrogen and oxygen atoms in total. The van der Waals surface area contributed by atoms with E-state index in [2.05, 4.69) is 4.72 Å². The van der Waals surface area contributed by atoms with Gasteiger partial charge in [0.05, 0.1) is 12.3 Å².